The van der Waals surface area contributed by atoms with Gasteiger partial charge in [-0.3, -0.25) is 9.71 Å². The summed E-state index contributed by atoms with van der Waals surface area (Å²) >= 11 is 0. The first-order valence-electron chi connectivity index (χ1n) is 5.90. The number of nitrogens with zero attached hydrogens (tertiary/aromatic N) is 2. The number of hydrogen-bond donors (Lipinski definition) is 1. The molecule has 0 radical (unpaired) electrons. The Hall–Kier alpha value is -2.39. The highest BCUT2D eigenvalue weighted by Gasteiger charge is 2.12. The van der Waals surface area contributed by atoms with E-state index < -0.39 is 10.0 Å². The highest BCUT2D eigenvalue weighted by Crippen LogP contribution is 2.13. The Morgan fingerprint density at radius 3 is 2.55 bits per heavy atom. The lowest BCUT2D eigenvalue weighted by Crippen LogP contribution is -2.15. The third kappa shape index (κ3) is 3.80. The number of anilines is 1. The fraction of sp³-hybridized carbons (Fsp3) is 0.143. The zero-order valence-corrected chi connectivity index (χ0v) is 11.7. The van der Waals surface area contributed by atoms with Crippen molar-refractivity contribution >= 4 is 15.7 Å². The summed E-state index contributed by atoms with van der Waals surface area (Å²) in [6, 6.07) is 10.2. The molecule has 0 aliphatic carbocycles. The van der Waals surface area contributed by atoms with Crippen LogP contribution in [0.5, 0.6) is 0 Å². The molecule has 0 bridgehead atoms. The summed E-state index contributed by atoms with van der Waals surface area (Å²) in [4.78, 5) is 3.94. The van der Waals surface area contributed by atoms with Gasteiger partial charge in [-0.2, -0.15) is 5.26 Å². The van der Waals surface area contributed by atoms with Crippen molar-refractivity contribution in [1.29, 1.82) is 5.26 Å². The van der Waals surface area contributed by atoms with Crippen molar-refractivity contribution in [2.24, 2.45) is 0 Å². The first-order chi connectivity index (χ1) is 9.48. The number of benzene rings is 1. The third-order valence-electron chi connectivity index (χ3n) is 2.59. The summed E-state index contributed by atoms with van der Waals surface area (Å²) in [7, 11) is -3.50. The van der Waals surface area contributed by atoms with E-state index in [1.807, 2.05) is 13.0 Å². The number of nitrogens with one attached hydrogen (secondary N) is 1. The number of aromatic nitrogens is 1. The maximum Gasteiger partial charge on any atom is 0.236 e. The van der Waals surface area contributed by atoms with Gasteiger partial charge < -0.3 is 0 Å². The zero-order chi connectivity index (χ0) is 14.6. The Morgan fingerprint density at radius 2 is 1.95 bits per heavy atom. The average molecular weight is 287 g/mol. The van der Waals surface area contributed by atoms with Crippen LogP contribution in [0.1, 0.15) is 16.7 Å². The van der Waals surface area contributed by atoms with Crippen molar-refractivity contribution < 1.29 is 8.42 Å². The molecule has 0 amide bonds. The van der Waals surface area contributed by atoms with Crippen LogP contribution in [0.25, 0.3) is 0 Å². The van der Waals surface area contributed by atoms with Crippen LogP contribution in [-0.4, -0.2) is 13.4 Å². The van der Waals surface area contributed by atoms with Gasteiger partial charge in [0, 0.05) is 6.20 Å². The molecule has 0 saturated heterocycles. The molecule has 20 heavy (non-hydrogen) atoms. The van der Waals surface area contributed by atoms with Crippen molar-refractivity contribution in [3.05, 3.63) is 59.4 Å². The Bertz CT molecular complexity index is 747. The minimum absolute atomic E-state index is 0.146. The van der Waals surface area contributed by atoms with Crippen molar-refractivity contribution in [2.45, 2.75) is 12.7 Å². The number of sulfonamides is 1. The van der Waals surface area contributed by atoms with Gasteiger partial charge in [0.25, 0.3) is 0 Å². The number of aryl methyl sites for hydroxylation is 1. The molecule has 1 heterocycles. The van der Waals surface area contributed by atoms with E-state index in [0.717, 1.165) is 5.56 Å². The quantitative estimate of drug-likeness (QED) is 0.934. The SMILES string of the molecule is Cc1cncc(NS(=O)(=O)Cc2ccc(C#N)cc2)c1. The maximum atomic E-state index is 12.0. The standard InChI is InChI=1S/C14H13N3O2S/c1-11-6-14(9-16-8-11)17-20(18,19)10-13-4-2-12(7-15)3-5-13/h2-6,8-9,17H,10H2,1H3. The van der Waals surface area contributed by atoms with Crippen LogP contribution < -0.4 is 4.72 Å². The van der Waals surface area contributed by atoms with E-state index in [1.165, 1.54) is 6.20 Å². The summed E-state index contributed by atoms with van der Waals surface area (Å²) in [5, 5.41) is 8.69. The monoisotopic (exact) mass is 287 g/mol. The summed E-state index contributed by atoms with van der Waals surface area (Å²) in [6.07, 6.45) is 3.11. The molecule has 102 valence electrons. The zero-order valence-electron chi connectivity index (χ0n) is 10.9. The molecule has 0 spiro atoms. The van der Waals surface area contributed by atoms with Crippen LogP contribution >= 0.6 is 0 Å². The molecular weight excluding hydrogens is 274 g/mol. The van der Waals surface area contributed by atoms with Crippen LogP contribution in [0.4, 0.5) is 5.69 Å². The van der Waals surface area contributed by atoms with Crippen LogP contribution in [0, 0.1) is 18.3 Å². The highest BCUT2D eigenvalue weighted by atomic mass is 32.2. The number of hydrogen-bond acceptors (Lipinski definition) is 4. The predicted molar refractivity (Wildman–Crippen MR) is 76.4 cm³/mol. The van der Waals surface area contributed by atoms with Gasteiger partial charge in [-0.1, -0.05) is 12.1 Å². The van der Waals surface area contributed by atoms with Crippen LogP contribution in [0.15, 0.2) is 42.7 Å². The number of pyridine rings is 1. The first kappa shape index (κ1) is 14.0. The molecule has 5 nitrogen and oxygen atoms in total. The van der Waals surface area contributed by atoms with E-state index in [2.05, 4.69) is 9.71 Å². The topological polar surface area (TPSA) is 82.8 Å². The maximum absolute atomic E-state index is 12.0. The Morgan fingerprint density at radius 1 is 1.25 bits per heavy atom. The molecule has 0 atom stereocenters. The molecule has 6 heteroatoms. The Kier molecular flexibility index (Phi) is 4.01. The summed E-state index contributed by atoms with van der Waals surface area (Å²) in [5.41, 5.74) is 2.45. The van der Waals surface area contributed by atoms with E-state index in [4.69, 9.17) is 5.26 Å². The van der Waals surface area contributed by atoms with Gasteiger partial charge in [-0.05, 0) is 36.2 Å². The van der Waals surface area contributed by atoms with Crippen molar-refractivity contribution in [1.82, 2.24) is 4.98 Å². The van der Waals surface area contributed by atoms with Crippen LogP contribution in [0.2, 0.25) is 0 Å². The molecule has 0 fully saturated rings. The molecule has 0 saturated carbocycles. The van der Waals surface area contributed by atoms with Gasteiger partial charge in [-0.15, -0.1) is 0 Å². The largest absolute Gasteiger partial charge is 0.282 e. The predicted octanol–water partition coefficient (Wildman–Crippen LogP) is 2.20. The molecular formula is C14H13N3O2S. The fourth-order valence-electron chi connectivity index (χ4n) is 1.72. The van der Waals surface area contributed by atoms with E-state index in [9.17, 15) is 8.42 Å². The van der Waals surface area contributed by atoms with Gasteiger partial charge in [0.1, 0.15) is 0 Å². The molecule has 2 aromatic rings. The molecule has 1 aromatic heterocycles. The van der Waals surface area contributed by atoms with Gasteiger partial charge in [0.05, 0.1) is 29.3 Å². The van der Waals surface area contributed by atoms with Gasteiger partial charge in [-0.25, -0.2) is 8.42 Å². The lowest BCUT2D eigenvalue weighted by atomic mass is 10.2. The second-order valence-corrected chi connectivity index (χ2v) is 6.14. The highest BCUT2D eigenvalue weighted by molar-refractivity contribution is 7.91. The fourth-order valence-corrected chi connectivity index (χ4v) is 2.90. The Balaban J connectivity index is 2.13. The minimum atomic E-state index is -3.50. The molecule has 0 aliphatic rings. The lowest BCUT2D eigenvalue weighted by molar-refractivity contribution is 0.600. The average Bonchev–Trinajstić information content (AvgIpc) is 2.38. The molecule has 1 aromatic carbocycles. The van der Waals surface area contributed by atoms with E-state index in [-0.39, 0.29) is 5.75 Å². The lowest BCUT2D eigenvalue weighted by Gasteiger charge is -2.08. The second-order valence-electron chi connectivity index (χ2n) is 4.42. The molecule has 0 aliphatic heterocycles. The van der Waals surface area contributed by atoms with Gasteiger partial charge in [0.2, 0.25) is 10.0 Å². The van der Waals surface area contributed by atoms with Crippen LogP contribution in [0.3, 0.4) is 0 Å². The third-order valence-corrected chi connectivity index (χ3v) is 3.85. The van der Waals surface area contributed by atoms with Crippen molar-refractivity contribution in [3.63, 3.8) is 0 Å². The second kappa shape index (κ2) is 5.72. The van der Waals surface area contributed by atoms with E-state index in [0.29, 0.717) is 16.8 Å². The summed E-state index contributed by atoms with van der Waals surface area (Å²) in [5.74, 6) is -0.146. The van der Waals surface area contributed by atoms with E-state index in [1.54, 1.807) is 36.5 Å². The van der Waals surface area contributed by atoms with Crippen LogP contribution in [-0.2, 0) is 15.8 Å². The van der Waals surface area contributed by atoms with Crippen molar-refractivity contribution in [3.8, 4) is 6.07 Å². The van der Waals surface area contributed by atoms with Gasteiger partial charge in [0.15, 0.2) is 0 Å². The molecule has 2 rings (SSSR count). The smallest absolute Gasteiger partial charge is 0.236 e. The Labute approximate surface area is 118 Å². The molecule has 0 unspecified atom stereocenters. The van der Waals surface area contributed by atoms with Crippen molar-refractivity contribution in [2.75, 3.05) is 4.72 Å². The number of rotatable bonds is 4. The number of nitriles is 1. The molecule has 1 N–H and O–H groups in total. The van der Waals surface area contributed by atoms with Gasteiger partial charge >= 0.3 is 0 Å². The first-order valence-corrected chi connectivity index (χ1v) is 7.55. The van der Waals surface area contributed by atoms with E-state index >= 15 is 0 Å². The normalized spacial score (nSPS) is 10.8. The summed E-state index contributed by atoms with van der Waals surface area (Å²) in [6.45, 7) is 1.84. The minimum Gasteiger partial charge on any atom is -0.282 e. The summed E-state index contributed by atoms with van der Waals surface area (Å²) < 4.78 is 26.5.